The fourth-order valence-electron chi connectivity index (χ4n) is 4.69. The van der Waals surface area contributed by atoms with Crippen LogP contribution in [0, 0.1) is 6.92 Å². The Bertz CT molecular complexity index is 1650. The summed E-state index contributed by atoms with van der Waals surface area (Å²) in [4.78, 5) is 12.2. The maximum absolute atomic E-state index is 5.13. The highest BCUT2D eigenvalue weighted by atomic mass is 14.9. The lowest BCUT2D eigenvalue weighted by Crippen LogP contribution is -1.84. The number of aryl methyl sites for hydroxylation is 1. The summed E-state index contributed by atoms with van der Waals surface area (Å²) in [7, 11) is 2.19. The van der Waals surface area contributed by atoms with E-state index in [9.17, 15) is 0 Å². The molecule has 4 heteroatoms. The van der Waals surface area contributed by atoms with Crippen LogP contribution >= 0.6 is 0 Å². The summed E-state index contributed by atoms with van der Waals surface area (Å²) < 4.78 is 0. The van der Waals surface area contributed by atoms with E-state index in [0.717, 1.165) is 45.2 Å². The molecule has 0 amide bonds. The van der Waals surface area contributed by atoms with Crippen LogP contribution in [0.5, 0.6) is 0 Å². The third-order valence-corrected chi connectivity index (χ3v) is 6.38. The Balaban J connectivity index is 1.74. The third kappa shape index (κ3) is 2.65. The average molecular weight is 399 g/mol. The number of aromatic amines is 2. The number of fused-ring (bicyclic) bond motifs is 7. The van der Waals surface area contributed by atoms with Crippen molar-refractivity contribution in [3.05, 3.63) is 84.1 Å². The lowest BCUT2D eigenvalue weighted by Gasteiger charge is -2.08. The summed E-state index contributed by atoms with van der Waals surface area (Å²) in [5, 5.41) is 6.03. The van der Waals surface area contributed by atoms with Crippen molar-refractivity contribution < 1.29 is 0 Å². The fourth-order valence-corrected chi connectivity index (χ4v) is 4.69. The molecule has 0 aliphatic heterocycles. The highest BCUT2D eigenvalue weighted by Gasteiger charge is 2.16. The van der Waals surface area contributed by atoms with Crippen LogP contribution < -0.4 is 0 Å². The van der Waals surface area contributed by atoms with Gasteiger partial charge in [-0.15, -0.1) is 0 Å². The summed E-state index contributed by atoms with van der Waals surface area (Å²) in [6, 6.07) is 19.8. The predicted octanol–water partition coefficient (Wildman–Crippen LogP) is 6.10. The Morgan fingerprint density at radius 1 is 0.935 bits per heavy atom. The van der Waals surface area contributed by atoms with Gasteiger partial charge in [0, 0.05) is 33.4 Å². The highest BCUT2D eigenvalue weighted by molar-refractivity contribution is 6.24. The topological polar surface area (TPSA) is 44.5 Å². The molecule has 0 fully saturated rings. The van der Waals surface area contributed by atoms with Crippen molar-refractivity contribution in [1.82, 2.24) is 15.0 Å². The minimum atomic E-state index is 0.897. The van der Waals surface area contributed by atoms with Gasteiger partial charge in [0.1, 0.15) is 13.7 Å². The van der Waals surface area contributed by atoms with Gasteiger partial charge in [0.25, 0.3) is 0 Å². The van der Waals surface area contributed by atoms with Gasteiger partial charge in [-0.2, -0.15) is 0 Å². The number of aromatic nitrogens is 3. The number of imidazole rings is 1. The van der Waals surface area contributed by atoms with Gasteiger partial charge >= 0.3 is 0 Å². The Hall–Kier alpha value is -3.79. The van der Waals surface area contributed by atoms with Crippen LogP contribution in [0.25, 0.3) is 60.9 Å². The maximum Gasteiger partial charge on any atom is 0.140 e. The molecule has 148 valence electrons. The number of benzene rings is 4. The number of nitrogens with zero attached hydrogens (tertiary/aromatic N) is 1. The molecule has 31 heavy (non-hydrogen) atoms. The SMILES string of the molecule is BCc1ccc2[nH]cc(-c3nc4c5cc(C=C)ccc5c5ccc(C)cc5c4[nH]3)c2c1. The normalized spacial score (nSPS) is 11.8. The Morgan fingerprint density at radius 2 is 1.77 bits per heavy atom. The molecule has 0 unspecified atom stereocenters. The first-order chi connectivity index (χ1) is 15.2. The molecule has 3 nitrogen and oxygen atoms in total. The number of nitrogens with one attached hydrogen (secondary N) is 2. The molecular formula is C27H22BN3. The highest BCUT2D eigenvalue weighted by Crippen LogP contribution is 2.37. The molecule has 0 saturated carbocycles. The monoisotopic (exact) mass is 399 g/mol. The summed E-state index contributed by atoms with van der Waals surface area (Å²) in [5.74, 6) is 0.897. The molecule has 0 saturated heterocycles. The number of hydrogen-bond donors (Lipinski definition) is 2. The molecule has 4 aromatic carbocycles. The lowest BCUT2D eigenvalue weighted by molar-refractivity contribution is 1.34. The lowest BCUT2D eigenvalue weighted by atomic mass is 9.95. The summed E-state index contributed by atoms with van der Waals surface area (Å²) in [6.45, 7) is 6.09. The quantitative estimate of drug-likeness (QED) is 0.274. The second-order valence-corrected chi connectivity index (χ2v) is 8.30. The smallest absolute Gasteiger partial charge is 0.140 e. The Labute approximate surface area is 181 Å². The van der Waals surface area contributed by atoms with Crippen LogP contribution in [-0.2, 0) is 6.32 Å². The van der Waals surface area contributed by atoms with Gasteiger partial charge in [-0.25, -0.2) is 4.98 Å². The summed E-state index contributed by atoms with van der Waals surface area (Å²) in [5.41, 5.74) is 8.00. The van der Waals surface area contributed by atoms with E-state index < -0.39 is 0 Å². The molecule has 0 spiro atoms. The summed E-state index contributed by atoms with van der Waals surface area (Å²) in [6.07, 6.45) is 4.97. The average Bonchev–Trinajstić information content (AvgIpc) is 3.42. The van der Waals surface area contributed by atoms with E-state index in [1.54, 1.807) is 0 Å². The fraction of sp³-hybridized carbons (Fsp3) is 0.0741. The molecule has 0 aliphatic carbocycles. The van der Waals surface area contributed by atoms with Crippen molar-refractivity contribution in [3.8, 4) is 11.4 Å². The van der Waals surface area contributed by atoms with Crippen molar-refractivity contribution in [3.63, 3.8) is 0 Å². The van der Waals surface area contributed by atoms with Gasteiger partial charge in [0.15, 0.2) is 0 Å². The summed E-state index contributed by atoms with van der Waals surface area (Å²) >= 11 is 0. The standard InChI is InChI=1S/C27H22BN3/c1-3-16-5-8-19-18-7-4-15(2)10-21(18)25-26(22(19)11-16)31-27(30-25)23-14-29-24-9-6-17(13-28)12-20(23)24/h3-12,14,29H,1,13,28H2,2H3,(H,30,31). The van der Waals surface area contributed by atoms with Crippen molar-refractivity contribution in [2.45, 2.75) is 13.2 Å². The van der Waals surface area contributed by atoms with Crippen LogP contribution in [0.15, 0.2) is 67.4 Å². The van der Waals surface area contributed by atoms with E-state index in [1.165, 1.54) is 32.7 Å². The van der Waals surface area contributed by atoms with E-state index in [0.29, 0.717) is 0 Å². The molecule has 0 radical (unpaired) electrons. The zero-order chi connectivity index (χ0) is 21.1. The second kappa shape index (κ2) is 6.61. The van der Waals surface area contributed by atoms with Crippen LogP contribution in [-0.4, -0.2) is 22.8 Å². The number of rotatable bonds is 3. The first kappa shape index (κ1) is 18.0. The van der Waals surface area contributed by atoms with Gasteiger partial charge in [-0.1, -0.05) is 60.4 Å². The zero-order valence-electron chi connectivity index (χ0n) is 17.7. The molecule has 0 bridgehead atoms. The third-order valence-electron chi connectivity index (χ3n) is 6.38. The van der Waals surface area contributed by atoms with E-state index >= 15 is 0 Å². The zero-order valence-corrected chi connectivity index (χ0v) is 17.7. The molecule has 0 atom stereocenters. The minimum Gasteiger partial charge on any atom is -0.360 e. The van der Waals surface area contributed by atoms with Gasteiger partial charge in [-0.05, 0) is 47.5 Å². The molecular weight excluding hydrogens is 377 g/mol. The van der Waals surface area contributed by atoms with E-state index in [-0.39, 0.29) is 0 Å². The molecule has 6 rings (SSSR count). The van der Waals surface area contributed by atoms with Gasteiger partial charge in [-0.3, -0.25) is 0 Å². The largest absolute Gasteiger partial charge is 0.360 e. The van der Waals surface area contributed by atoms with E-state index in [2.05, 4.69) is 92.1 Å². The Kier molecular flexibility index (Phi) is 3.84. The van der Waals surface area contributed by atoms with E-state index in [1.807, 2.05) is 6.08 Å². The molecule has 6 aromatic rings. The Morgan fingerprint density at radius 3 is 2.61 bits per heavy atom. The van der Waals surface area contributed by atoms with E-state index in [4.69, 9.17) is 4.98 Å². The van der Waals surface area contributed by atoms with Crippen molar-refractivity contribution >= 4 is 57.4 Å². The van der Waals surface area contributed by atoms with Crippen LogP contribution in [0.2, 0.25) is 0 Å². The maximum atomic E-state index is 5.13. The van der Waals surface area contributed by atoms with Crippen LogP contribution in [0.4, 0.5) is 0 Å². The second-order valence-electron chi connectivity index (χ2n) is 8.30. The first-order valence-corrected chi connectivity index (χ1v) is 10.7. The van der Waals surface area contributed by atoms with Crippen molar-refractivity contribution in [2.24, 2.45) is 0 Å². The van der Waals surface area contributed by atoms with Crippen LogP contribution in [0.3, 0.4) is 0 Å². The van der Waals surface area contributed by atoms with Crippen molar-refractivity contribution in [2.75, 3.05) is 0 Å². The van der Waals surface area contributed by atoms with Crippen molar-refractivity contribution in [1.29, 1.82) is 0 Å². The predicted molar refractivity (Wildman–Crippen MR) is 135 cm³/mol. The first-order valence-electron chi connectivity index (χ1n) is 10.7. The molecule has 2 N–H and O–H groups in total. The molecule has 2 aromatic heterocycles. The molecule has 2 heterocycles. The van der Waals surface area contributed by atoms with Gasteiger partial charge in [0.05, 0.1) is 11.0 Å². The van der Waals surface area contributed by atoms with Gasteiger partial charge < -0.3 is 9.97 Å². The van der Waals surface area contributed by atoms with Crippen LogP contribution in [0.1, 0.15) is 16.7 Å². The number of hydrogen-bond acceptors (Lipinski definition) is 1. The molecule has 0 aliphatic rings. The minimum absolute atomic E-state index is 0.897. The number of H-pyrrole nitrogens is 2. The van der Waals surface area contributed by atoms with Gasteiger partial charge in [0.2, 0.25) is 0 Å².